The molecule has 5 nitrogen and oxygen atoms in total. The normalized spacial score (nSPS) is 16.4. The van der Waals surface area contributed by atoms with E-state index in [0.717, 1.165) is 5.75 Å². The number of carbonyl (C=O) groups is 2. The molecule has 1 aliphatic rings. The Bertz CT molecular complexity index is 538. The van der Waals surface area contributed by atoms with E-state index in [9.17, 15) is 9.59 Å². The Hall–Kier alpha value is -2.04. The minimum absolute atomic E-state index is 0.00905. The molecule has 1 aliphatic heterocycles. The standard InChI is InChI=1S/C17H24N2O3/c1-17(2,3)22-14-6-4-13(5-7-14)16(21)19-10-8-12(9-11-19)15(18)20/h4-7,12H,8-11H2,1-3H3,(H2,18,20). The molecule has 22 heavy (non-hydrogen) atoms. The Morgan fingerprint density at radius 2 is 1.68 bits per heavy atom. The molecule has 0 aromatic heterocycles. The zero-order valence-corrected chi connectivity index (χ0v) is 13.5. The third-order valence-electron chi connectivity index (χ3n) is 3.71. The fourth-order valence-electron chi connectivity index (χ4n) is 2.57. The van der Waals surface area contributed by atoms with Crippen LogP contribution in [0.15, 0.2) is 24.3 Å². The van der Waals surface area contributed by atoms with E-state index in [1.54, 1.807) is 17.0 Å². The summed E-state index contributed by atoms with van der Waals surface area (Å²) in [5.41, 5.74) is 5.69. The third-order valence-corrected chi connectivity index (χ3v) is 3.71. The van der Waals surface area contributed by atoms with Crippen LogP contribution in [0, 0.1) is 5.92 Å². The SMILES string of the molecule is CC(C)(C)Oc1ccc(C(=O)N2CCC(C(N)=O)CC2)cc1. The average molecular weight is 304 g/mol. The molecule has 1 aromatic carbocycles. The number of nitrogens with zero attached hydrogens (tertiary/aromatic N) is 1. The molecule has 0 aliphatic carbocycles. The summed E-state index contributed by atoms with van der Waals surface area (Å²) in [6.07, 6.45) is 1.29. The van der Waals surface area contributed by atoms with Gasteiger partial charge in [-0.1, -0.05) is 0 Å². The first kappa shape index (κ1) is 16.3. The first-order valence-electron chi connectivity index (χ1n) is 7.64. The van der Waals surface area contributed by atoms with Gasteiger partial charge in [-0.05, 0) is 57.9 Å². The van der Waals surface area contributed by atoms with Crippen LogP contribution in [0.1, 0.15) is 44.0 Å². The summed E-state index contributed by atoms with van der Waals surface area (Å²) in [5.74, 6) is 0.365. The van der Waals surface area contributed by atoms with Gasteiger partial charge in [0.1, 0.15) is 11.4 Å². The van der Waals surface area contributed by atoms with Gasteiger partial charge in [0.25, 0.3) is 5.91 Å². The van der Waals surface area contributed by atoms with Crippen molar-refractivity contribution in [3.63, 3.8) is 0 Å². The van der Waals surface area contributed by atoms with Crippen molar-refractivity contribution in [1.29, 1.82) is 0 Å². The van der Waals surface area contributed by atoms with Gasteiger partial charge in [-0.3, -0.25) is 9.59 Å². The molecule has 0 radical (unpaired) electrons. The third kappa shape index (κ3) is 4.23. The maximum atomic E-state index is 12.4. The van der Waals surface area contributed by atoms with E-state index < -0.39 is 0 Å². The van der Waals surface area contributed by atoms with E-state index in [1.165, 1.54) is 0 Å². The topological polar surface area (TPSA) is 72.6 Å². The molecule has 0 unspecified atom stereocenters. The Labute approximate surface area is 131 Å². The Balaban J connectivity index is 1.97. The zero-order valence-electron chi connectivity index (χ0n) is 13.5. The van der Waals surface area contributed by atoms with Crippen LogP contribution in [0.3, 0.4) is 0 Å². The lowest BCUT2D eigenvalue weighted by molar-refractivity contribution is -0.123. The number of benzene rings is 1. The van der Waals surface area contributed by atoms with Crippen molar-refractivity contribution in [3.05, 3.63) is 29.8 Å². The largest absolute Gasteiger partial charge is 0.488 e. The van der Waals surface area contributed by atoms with Crippen molar-refractivity contribution >= 4 is 11.8 Å². The molecule has 0 bridgehead atoms. The summed E-state index contributed by atoms with van der Waals surface area (Å²) >= 11 is 0. The second kappa shape index (κ2) is 6.38. The molecule has 0 spiro atoms. The summed E-state index contributed by atoms with van der Waals surface area (Å²) in [4.78, 5) is 25.4. The molecule has 2 amide bonds. The van der Waals surface area contributed by atoms with Crippen molar-refractivity contribution in [2.45, 2.75) is 39.2 Å². The summed E-state index contributed by atoms with van der Waals surface area (Å²) in [6.45, 7) is 7.10. The predicted octanol–water partition coefficient (Wildman–Crippen LogP) is 2.20. The molecule has 1 saturated heterocycles. The first-order chi connectivity index (χ1) is 10.3. The van der Waals surface area contributed by atoms with Crippen molar-refractivity contribution in [1.82, 2.24) is 4.90 Å². The maximum Gasteiger partial charge on any atom is 0.253 e. The lowest BCUT2D eigenvalue weighted by atomic mass is 9.96. The maximum absolute atomic E-state index is 12.4. The average Bonchev–Trinajstić information content (AvgIpc) is 2.46. The number of likely N-dealkylation sites (tertiary alicyclic amines) is 1. The number of ether oxygens (including phenoxy) is 1. The molecule has 1 fully saturated rings. The molecule has 5 heteroatoms. The van der Waals surface area contributed by atoms with Crippen LogP contribution in [0.2, 0.25) is 0 Å². The van der Waals surface area contributed by atoms with E-state index >= 15 is 0 Å². The fourth-order valence-corrected chi connectivity index (χ4v) is 2.57. The van der Waals surface area contributed by atoms with Crippen molar-refractivity contribution in [3.8, 4) is 5.75 Å². The van der Waals surface area contributed by atoms with Gasteiger partial charge in [-0.2, -0.15) is 0 Å². The highest BCUT2D eigenvalue weighted by molar-refractivity contribution is 5.94. The van der Waals surface area contributed by atoms with E-state index in [0.29, 0.717) is 31.5 Å². The Morgan fingerprint density at radius 1 is 1.14 bits per heavy atom. The minimum atomic E-state index is -0.268. The molecule has 2 N–H and O–H groups in total. The molecule has 0 saturated carbocycles. The summed E-state index contributed by atoms with van der Waals surface area (Å²) in [5, 5.41) is 0. The molecular formula is C17H24N2O3. The van der Waals surface area contributed by atoms with Crippen LogP contribution in [-0.4, -0.2) is 35.4 Å². The van der Waals surface area contributed by atoms with Crippen LogP contribution >= 0.6 is 0 Å². The van der Waals surface area contributed by atoms with Gasteiger partial charge in [0.15, 0.2) is 0 Å². The van der Waals surface area contributed by atoms with Gasteiger partial charge in [0.2, 0.25) is 5.91 Å². The van der Waals surface area contributed by atoms with Gasteiger partial charge in [-0.25, -0.2) is 0 Å². The molecule has 120 valence electrons. The number of amides is 2. The second-order valence-electron chi connectivity index (χ2n) is 6.71. The quantitative estimate of drug-likeness (QED) is 0.930. The summed E-state index contributed by atoms with van der Waals surface area (Å²) in [6, 6.07) is 7.19. The van der Waals surface area contributed by atoms with Crippen LogP contribution < -0.4 is 10.5 Å². The predicted molar refractivity (Wildman–Crippen MR) is 84.6 cm³/mol. The number of carbonyl (C=O) groups excluding carboxylic acids is 2. The first-order valence-corrected chi connectivity index (χ1v) is 7.64. The van der Waals surface area contributed by atoms with Crippen LogP contribution in [0.25, 0.3) is 0 Å². The van der Waals surface area contributed by atoms with E-state index in [-0.39, 0.29) is 23.3 Å². The number of nitrogens with two attached hydrogens (primary N) is 1. The van der Waals surface area contributed by atoms with Crippen molar-refractivity contribution in [2.24, 2.45) is 11.7 Å². The Morgan fingerprint density at radius 3 is 2.14 bits per heavy atom. The zero-order chi connectivity index (χ0) is 16.3. The Kier molecular flexibility index (Phi) is 4.74. The van der Waals surface area contributed by atoms with Gasteiger partial charge in [-0.15, -0.1) is 0 Å². The number of primary amides is 1. The van der Waals surface area contributed by atoms with Crippen molar-refractivity contribution in [2.75, 3.05) is 13.1 Å². The number of piperidine rings is 1. The number of hydrogen-bond acceptors (Lipinski definition) is 3. The smallest absolute Gasteiger partial charge is 0.253 e. The molecular weight excluding hydrogens is 280 g/mol. The lowest BCUT2D eigenvalue weighted by Crippen LogP contribution is -2.41. The monoisotopic (exact) mass is 304 g/mol. The van der Waals surface area contributed by atoms with Crippen LogP contribution in [0.5, 0.6) is 5.75 Å². The highest BCUT2D eigenvalue weighted by Gasteiger charge is 2.26. The highest BCUT2D eigenvalue weighted by Crippen LogP contribution is 2.21. The van der Waals surface area contributed by atoms with Gasteiger partial charge >= 0.3 is 0 Å². The summed E-state index contributed by atoms with van der Waals surface area (Å²) < 4.78 is 5.75. The van der Waals surface area contributed by atoms with Gasteiger partial charge in [0, 0.05) is 24.6 Å². The number of hydrogen-bond donors (Lipinski definition) is 1. The molecule has 2 rings (SSSR count). The van der Waals surface area contributed by atoms with E-state index in [1.807, 2.05) is 32.9 Å². The number of rotatable bonds is 3. The second-order valence-corrected chi connectivity index (χ2v) is 6.71. The van der Waals surface area contributed by atoms with Gasteiger partial charge in [0.05, 0.1) is 0 Å². The highest BCUT2D eigenvalue weighted by atomic mass is 16.5. The van der Waals surface area contributed by atoms with E-state index in [4.69, 9.17) is 10.5 Å². The van der Waals surface area contributed by atoms with Crippen LogP contribution in [-0.2, 0) is 4.79 Å². The molecule has 1 heterocycles. The van der Waals surface area contributed by atoms with Crippen molar-refractivity contribution < 1.29 is 14.3 Å². The van der Waals surface area contributed by atoms with Crippen LogP contribution in [0.4, 0.5) is 0 Å². The molecule has 1 aromatic rings. The van der Waals surface area contributed by atoms with E-state index in [2.05, 4.69) is 0 Å². The minimum Gasteiger partial charge on any atom is -0.488 e. The molecule has 0 atom stereocenters. The lowest BCUT2D eigenvalue weighted by Gasteiger charge is -2.30. The fraction of sp³-hybridized carbons (Fsp3) is 0.529. The van der Waals surface area contributed by atoms with Gasteiger partial charge < -0.3 is 15.4 Å². The summed E-state index contributed by atoms with van der Waals surface area (Å²) in [7, 11) is 0.